The Morgan fingerprint density at radius 1 is 1.12 bits per heavy atom. The summed E-state index contributed by atoms with van der Waals surface area (Å²) in [5.41, 5.74) is 2.01. The third-order valence-corrected chi connectivity index (χ3v) is 6.36. The number of aromatic nitrogens is 2. The fourth-order valence-electron chi connectivity index (χ4n) is 3.62. The second-order valence-electron chi connectivity index (χ2n) is 7.71. The van der Waals surface area contributed by atoms with Gasteiger partial charge in [-0.1, -0.05) is 37.3 Å². The summed E-state index contributed by atoms with van der Waals surface area (Å²) in [4.78, 5) is 25.9. The summed E-state index contributed by atoms with van der Waals surface area (Å²) < 4.78 is 5.96. The molecule has 4 rings (SSSR count). The summed E-state index contributed by atoms with van der Waals surface area (Å²) in [5.74, 6) is 1.52. The molecule has 1 N–H and O–H groups in total. The van der Waals surface area contributed by atoms with Crippen molar-refractivity contribution in [3.63, 3.8) is 0 Å². The van der Waals surface area contributed by atoms with E-state index in [1.54, 1.807) is 6.20 Å². The molecule has 168 valence electrons. The molecule has 3 heterocycles. The molecule has 0 spiro atoms. The van der Waals surface area contributed by atoms with E-state index in [0.29, 0.717) is 31.0 Å². The van der Waals surface area contributed by atoms with Crippen LogP contribution < -0.4 is 10.1 Å². The van der Waals surface area contributed by atoms with Gasteiger partial charge in [0.05, 0.1) is 5.69 Å². The van der Waals surface area contributed by atoms with E-state index in [1.165, 1.54) is 11.3 Å². The van der Waals surface area contributed by atoms with E-state index >= 15 is 0 Å². The number of hydrogen-bond donors (Lipinski definition) is 1. The molecule has 0 saturated carbocycles. The van der Waals surface area contributed by atoms with Crippen molar-refractivity contribution in [3.05, 3.63) is 65.3 Å². The van der Waals surface area contributed by atoms with Gasteiger partial charge in [0.25, 0.3) is 0 Å². The summed E-state index contributed by atoms with van der Waals surface area (Å²) in [5, 5.41) is 6.00. The van der Waals surface area contributed by atoms with Crippen molar-refractivity contribution in [2.75, 3.05) is 38.0 Å². The zero-order chi connectivity index (χ0) is 22.2. The van der Waals surface area contributed by atoms with Crippen LogP contribution in [0.15, 0.2) is 54.0 Å². The number of likely N-dealkylation sites (N-methyl/N-ethyl adjacent to an activating group) is 1. The topological polar surface area (TPSA) is 70.6 Å². The Morgan fingerprint density at radius 2 is 1.94 bits per heavy atom. The van der Waals surface area contributed by atoms with E-state index in [0.717, 1.165) is 49.1 Å². The number of nitrogens with zero attached hydrogens (tertiary/aromatic N) is 4. The van der Waals surface area contributed by atoms with E-state index in [-0.39, 0.29) is 5.91 Å². The van der Waals surface area contributed by atoms with Crippen molar-refractivity contribution < 1.29 is 9.53 Å². The number of carbonyl (C=O) groups excluding carboxylic acids is 1. The van der Waals surface area contributed by atoms with Gasteiger partial charge in [-0.05, 0) is 30.7 Å². The van der Waals surface area contributed by atoms with Crippen LogP contribution in [0.4, 0.5) is 10.9 Å². The van der Waals surface area contributed by atoms with Crippen LogP contribution in [0.2, 0.25) is 0 Å². The Balaban J connectivity index is 1.29. The minimum absolute atomic E-state index is 0.213. The van der Waals surface area contributed by atoms with Crippen molar-refractivity contribution in [1.82, 2.24) is 19.8 Å². The maximum Gasteiger partial charge on any atom is 0.223 e. The number of rotatable bonds is 9. The number of anilines is 2. The molecule has 8 heteroatoms. The lowest BCUT2D eigenvalue weighted by atomic mass is 10.2. The number of benzene rings is 1. The molecule has 2 aromatic heterocycles. The van der Waals surface area contributed by atoms with Crippen LogP contribution in [0.25, 0.3) is 0 Å². The monoisotopic (exact) mass is 451 g/mol. The standard InChI is InChI=1S/C24H29N5O2S/c1-2-28-13-15-29(16-14-28)22(30)11-10-20-18-32-24(26-20)27-23-21(9-6-12-25-23)31-17-19-7-4-3-5-8-19/h3-9,12,18H,2,10-11,13-17H2,1H3,(H,25,26,27). The Morgan fingerprint density at radius 3 is 2.72 bits per heavy atom. The van der Waals surface area contributed by atoms with E-state index in [2.05, 4.69) is 27.1 Å². The molecule has 0 bridgehead atoms. The summed E-state index contributed by atoms with van der Waals surface area (Å²) in [6, 6.07) is 13.8. The molecule has 32 heavy (non-hydrogen) atoms. The number of piperazine rings is 1. The molecule has 0 aliphatic carbocycles. The molecule has 0 unspecified atom stereocenters. The number of amides is 1. The summed E-state index contributed by atoms with van der Waals surface area (Å²) in [6.45, 7) is 7.25. The molecule has 1 amide bonds. The minimum Gasteiger partial charge on any atom is -0.485 e. The molecule has 1 saturated heterocycles. The predicted molar refractivity (Wildman–Crippen MR) is 127 cm³/mol. The fraction of sp³-hybridized carbons (Fsp3) is 0.375. The van der Waals surface area contributed by atoms with Gasteiger partial charge in [-0.3, -0.25) is 4.79 Å². The van der Waals surface area contributed by atoms with Gasteiger partial charge in [0.15, 0.2) is 16.7 Å². The van der Waals surface area contributed by atoms with E-state index in [4.69, 9.17) is 4.74 Å². The molecule has 1 aliphatic rings. The zero-order valence-corrected chi connectivity index (χ0v) is 19.2. The quantitative estimate of drug-likeness (QED) is 0.531. The first-order valence-corrected chi connectivity index (χ1v) is 11.9. The first-order chi connectivity index (χ1) is 15.7. The van der Waals surface area contributed by atoms with Crippen molar-refractivity contribution in [2.45, 2.75) is 26.4 Å². The number of hydrogen-bond acceptors (Lipinski definition) is 7. The lowest BCUT2D eigenvalue weighted by Crippen LogP contribution is -2.48. The molecule has 1 fully saturated rings. The first-order valence-electron chi connectivity index (χ1n) is 11.0. The number of carbonyl (C=O) groups is 1. The predicted octanol–water partition coefficient (Wildman–Crippen LogP) is 3.96. The molecule has 0 atom stereocenters. The number of aryl methyl sites for hydroxylation is 1. The van der Waals surface area contributed by atoms with Crippen LogP contribution in [0, 0.1) is 0 Å². The van der Waals surface area contributed by atoms with Crippen LogP contribution in [0.5, 0.6) is 5.75 Å². The number of nitrogens with one attached hydrogen (secondary N) is 1. The summed E-state index contributed by atoms with van der Waals surface area (Å²) in [7, 11) is 0. The second kappa shape index (κ2) is 11.1. The molecule has 0 radical (unpaired) electrons. The van der Waals surface area contributed by atoms with Crippen LogP contribution in [0.3, 0.4) is 0 Å². The van der Waals surface area contributed by atoms with Crippen LogP contribution >= 0.6 is 11.3 Å². The van der Waals surface area contributed by atoms with Gasteiger partial charge in [0.2, 0.25) is 5.91 Å². The van der Waals surface area contributed by atoms with Gasteiger partial charge in [-0.15, -0.1) is 11.3 Å². The molecular formula is C24H29N5O2S. The smallest absolute Gasteiger partial charge is 0.223 e. The third kappa shape index (κ3) is 6.05. The number of pyridine rings is 1. The van der Waals surface area contributed by atoms with Gasteiger partial charge in [-0.2, -0.15) is 0 Å². The Bertz CT molecular complexity index is 1000. The van der Waals surface area contributed by atoms with Crippen molar-refractivity contribution in [3.8, 4) is 5.75 Å². The van der Waals surface area contributed by atoms with Gasteiger partial charge < -0.3 is 19.9 Å². The normalized spacial score (nSPS) is 14.3. The van der Waals surface area contributed by atoms with Gasteiger partial charge in [0, 0.05) is 44.2 Å². The van der Waals surface area contributed by atoms with Gasteiger partial charge in [-0.25, -0.2) is 9.97 Å². The van der Waals surface area contributed by atoms with Crippen LogP contribution in [-0.2, 0) is 17.8 Å². The van der Waals surface area contributed by atoms with Gasteiger partial charge in [0.1, 0.15) is 6.61 Å². The molecule has 3 aromatic rings. The SMILES string of the molecule is CCN1CCN(C(=O)CCc2csc(Nc3ncccc3OCc3ccccc3)n2)CC1. The zero-order valence-electron chi connectivity index (χ0n) is 18.4. The summed E-state index contributed by atoms with van der Waals surface area (Å²) in [6.07, 6.45) is 2.86. The van der Waals surface area contributed by atoms with E-state index in [9.17, 15) is 4.79 Å². The Labute approximate surface area is 193 Å². The van der Waals surface area contributed by atoms with Crippen molar-refractivity contribution in [2.24, 2.45) is 0 Å². The number of ether oxygens (including phenoxy) is 1. The van der Waals surface area contributed by atoms with E-state index < -0.39 is 0 Å². The van der Waals surface area contributed by atoms with Crippen LogP contribution in [-0.4, -0.2) is 58.4 Å². The lowest BCUT2D eigenvalue weighted by Gasteiger charge is -2.34. The highest BCUT2D eigenvalue weighted by molar-refractivity contribution is 7.13. The number of thiazole rings is 1. The maximum absolute atomic E-state index is 12.5. The fourth-order valence-corrected chi connectivity index (χ4v) is 4.37. The highest BCUT2D eigenvalue weighted by Gasteiger charge is 2.20. The maximum atomic E-state index is 12.5. The minimum atomic E-state index is 0.213. The van der Waals surface area contributed by atoms with E-state index in [1.807, 2.05) is 52.7 Å². The Kier molecular flexibility index (Phi) is 7.68. The first kappa shape index (κ1) is 22.2. The van der Waals surface area contributed by atoms with Gasteiger partial charge >= 0.3 is 0 Å². The van der Waals surface area contributed by atoms with Crippen LogP contribution in [0.1, 0.15) is 24.6 Å². The highest BCUT2D eigenvalue weighted by atomic mass is 32.1. The molecule has 1 aromatic carbocycles. The van der Waals surface area contributed by atoms with Crippen molar-refractivity contribution in [1.29, 1.82) is 0 Å². The molecule has 7 nitrogen and oxygen atoms in total. The second-order valence-corrected chi connectivity index (χ2v) is 8.57. The average molecular weight is 452 g/mol. The average Bonchev–Trinajstić information content (AvgIpc) is 3.30. The van der Waals surface area contributed by atoms with Crippen molar-refractivity contribution >= 4 is 28.2 Å². The Hall–Kier alpha value is -2.97. The molecule has 1 aliphatic heterocycles. The third-order valence-electron chi connectivity index (χ3n) is 5.55. The highest BCUT2D eigenvalue weighted by Crippen LogP contribution is 2.28. The lowest BCUT2D eigenvalue weighted by molar-refractivity contribution is -0.132. The summed E-state index contributed by atoms with van der Waals surface area (Å²) >= 11 is 1.51. The molecular weight excluding hydrogens is 422 g/mol. The largest absolute Gasteiger partial charge is 0.485 e.